The van der Waals surface area contributed by atoms with Crippen LogP contribution in [0.3, 0.4) is 0 Å². The van der Waals surface area contributed by atoms with Gasteiger partial charge in [0.15, 0.2) is 0 Å². The van der Waals surface area contributed by atoms with Crippen LogP contribution in [0, 0.1) is 0 Å². The van der Waals surface area contributed by atoms with Gasteiger partial charge in [0.2, 0.25) is 11.8 Å². The minimum atomic E-state index is -1.01. The summed E-state index contributed by atoms with van der Waals surface area (Å²) in [5.41, 5.74) is 1.59. The predicted octanol–water partition coefficient (Wildman–Crippen LogP) is 1.83. The largest absolute Gasteiger partial charge is 0.497 e. The molecule has 0 spiro atoms. The highest BCUT2D eigenvalue weighted by Crippen LogP contribution is 2.26. The van der Waals surface area contributed by atoms with Crippen molar-refractivity contribution in [1.82, 2.24) is 9.88 Å². The lowest BCUT2D eigenvalue weighted by atomic mass is 10.1. The molecule has 0 aliphatic heterocycles. The highest BCUT2D eigenvalue weighted by atomic mass is 16.5. The van der Waals surface area contributed by atoms with E-state index in [1.807, 2.05) is 6.07 Å². The Labute approximate surface area is 139 Å². The molecule has 0 aliphatic rings. The normalized spacial score (nSPS) is 10.6. The van der Waals surface area contributed by atoms with Crippen LogP contribution >= 0.6 is 0 Å². The number of hydrogen-bond acceptors (Lipinski definition) is 4. The van der Waals surface area contributed by atoms with E-state index >= 15 is 0 Å². The van der Waals surface area contributed by atoms with E-state index in [4.69, 9.17) is 9.84 Å². The van der Waals surface area contributed by atoms with Crippen molar-refractivity contribution in [2.45, 2.75) is 26.2 Å². The van der Waals surface area contributed by atoms with Gasteiger partial charge in [0.1, 0.15) is 5.75 Å². The number of fused-ring (bicyclic) bond motifs is 1. The van der Waals surface area contributed by atoms with E-state index in [1.54, 1.807) is 25.4 Å². The number of aromatic nitrogens is 1. The van der Waals surface area contributed by atoms with Gasteiger partial charge in [-0.25, -0.2) is 0 Å². The summed E-state index contributed by atoms with van der Waals surface area (Å²) in [5.74, 6) is -0.737. The van der Waals surface area contributed by atoms with Crippen LogP contribution in [0.25, 0.3) is 10.9 Å². The van der Waals surface area contributed by atoms with E-state index < -0.39 is 5.97 Å². The maximum Gasteiger partial charge on any atom is 0.303 e. The molecule has 7 nitrogen and oxygen atoms in total. The Balaban J connectivity index is 2.35. The average Bonchev–Trinajstić information content (AvgIpc) is 2.90. The Morgan fingerprint density at radius 3 is 2.62 bits per heavy atom. The lowest BCUT2D eigenvalue weighted by Crippen LogP contribution is -2.22. The number of carbonyl (C=O) groups excluding carboxylic acids is 2. The average molecular weight is 332 g/mol. The first-order valence-corrected chi connectivity index (χ1v) is 7.59. The molecule has 0 bridgehead atoms. The van der Waals surface area contributed by atoms with Crippen LogP contribution in [-0.2, 0) is 16.0 Å². The number of methoxy groups -OCH3 is 1. The molecular formula is C17H20N2O5. The van der Waals surface area contributed by atoms with Crippen LogP contribution < -0.4 is 10.1 Å². The topological polar surface area (TPSA) is 97.6 Å². The van der Waals surface area contributed by atoms with Gasteiger partial charge >= 0.3 is 5.97 Å². The Morgan fingerprint density at radius 2 is 2.00 bits per heavy atom. The zero-order valence-electron chi connectivity index (χ0n) is 13.7. The number of benzene rings is 1. The standard InChI is InChI=1S/C17H20N2O5/c1-11(20)18-8-7-12-10-19(16(21)5-6-17(22)23)15-4-3-13(24-2)9-14(12)15/h3-4,9-10H,5-8H2,1-2H3,(H,18,20)(H,22,23). The van der Waals surface area contributed by atoms with Gasteiger partial charge in [-0.3, -0.25) is 19.0 Å². The number of carbonyl (C=O) groups is 3. The molecule has 24 heavy (non-hydrogen) atoms. The van der Waals surface area contributed by atoms with Gasteiger partial charge in [-0.2, -0.15) is 0 Å². The summed E-state index contributed by atoms with van der Waals surface area (Å²) >= 11 is 0. The van der Waals surface area contributed by atoms with Crippen LogP contribution in [-0.4, -0.2) is 41.1 Å². The summed E-state index contributed by atoms with van der Waals surface area (Å²) in [6, 6.07) is 5.36. The quantitative estimate of drug-likeness (QED) is 0.806. The highest BCUT2D eigenvalue weighted by Gasteiger charge is 2.15. The fourth-order valence-electron chi connectivity index (χ4n) is 2.52. The van der Waals surface area contributed by atoms with Crippen LogP contribution in [0.1, 0.15) is 30.1 Å². The van der Waals surface area contributed by atoms with Crippen molar-refractivity contribution in [3.63, 3.8) is 0 Å². The molecular weight excluding hydrogens is 312 g/mol. The lowest BCUT2D eigenvalue weighted by molar-refractivity contribution is -0.137. The van der Waals surface area contributed by atoms with Crippen LogP contribution in [0.4, 0.5) is 0 Å². The number of hydrogen-bond donors (Lipinski definition) is 2. The maximum atomic E-state index is 12.3. The molecule has 0 aliphatic carbocycles. The molecule has 1 aromatic carbocycles. The Morgan fingerprint density at radius 1 is 1.25 bits per heavy atom. The number of carboxylic acid groups (broad SMARTS) is 1. The van der Waals surface area contributed by atoms with Gasteiger partial charge in [-0.1, -0.05) is 0 Å². The minimum absolute atomic E-state index is 0.0731. The third-order valence-corrected chi connectivity index (χ3v) is 3.68. The monoisotopic (exact) mass is 332 g/mol. The molecule has 0 radical (unpaired) electrons. The van der Waals surface area contributed by atoms with Crippen molar-refractivity contribution in [2.75, 3.05) is 13.7 Å². The smallest absolute Gasteiger partial charge is 0.303 e. The predicted molar refractivity (Wildman–Crippen MR) is 88.4 cm³/mol. The van der Waals surface area contributed by atoms with Crippen molar-refractivity contribution >= 4 is 28.7 Å². The van der Waals surface area contributed by atoms with Crippen LogP contribution in [0.2, 0.25) is 0 Å². The molecule has 1 aromatic heterocycles. The molecule has 0 atom stereocenters. The summed E-state index contributed by atoms with van der Waals surface area (Å²) in [6.45, 7) is 1.90. The maximum absolute atomic E-state index is 12.3. The molecule has 7 heteroatoms. The molecule has 0 saturated carbocycles. The highest BCUT2D eigenvalue weighted by molar-refractivity contribution is 5.96. The van der Waals surface area contributed by atoms with Gasteiger partial charge in [0.05, 0.1) is 19.0 Å². The van der Waals surface area contributed by atoms with Gasteiger partial charge < -0.3 is 15.2 Å². The first-order chi connectivity index (χ1) is 11.4. The van der Waals surface area contributed by atoms with Crippen molar-refractivity contribution < 1.29 is 24.2 Å². The van der Waals surface area contributed by atoms with E-state index in [1.165, 1.54) is 11.5 Å². The Bertz CT molecular complexity index is 779. The summed E-state index contributed by atoms with van der Waals surface area (Å²) in [5, 5.41) is 12.3. The molecule has 0 unspecified atom stereocenters. The van der Waals surface area contributed by atoms with Gasteiger partial charge in [0, 0.05) is 31.5 Å². The van der Waals surface area contributed by atoms with E-state index in [-0.39, 0.29) is 24.7 Å². The van der Waals surface area contributed by atoms with E-state index in [2.05, 4.69) is 5.32 Å². The molecule has 0 fully saturated rings. The number of nitrogens with zero attached hydrogens (tertiary/aromatic N) is 1. The molecule has 2 N–H and O–H groups in total. The van der Waals surface area contributed by atoms with Gasteiger partial charge in [-0.05, 0) is 30.2 Å². The number of nitrogens with one attached hydrogen (secondary N) is 1. The summed E-state index contributed by atoms with van der Waals surface area (Å²) in [7, 11) is 1.56. The lowest BCUT2D eigenvalue weighted by Gasteiger charge is -2.04. The molecule has 2 rings (SSSR count). The minimum Gasteiger partial charge on any atom is -0.497 e. The number of aliphatic carboxylic acids is 1. The van der Waals surface area contributed by atoms with Gasteiger partial charge in [-0.15, -0.1) is 0 Å². The van der Waals surface area contributed by atoms with Crippen molar-refractivity contribution in [3.8, 4) is 5.75 Å². The second kappa shape index (κ2) is 7.63. The fraction of sp³-hybridized carbons (Fsp3) is 0.353. The first kappa shape index (κ1) is 17.5. The molecule has 128 valence electrons. The molecule has 1 amide bonds. The number of ether oxygens (including phenoxy) is 1. The zero-order valence-corrected chi connectivity index (χ0v) is 13.7. The third-order valence-electron chi connectivity index (χ3n) is 3.68. The van der Waals surface area contributed by atoms with Crippen LogP contribution in [0.5, 0.6) is 5.75 Å². The van der Waals surface area contributed by atoms with Crippen molar-refractivity contribution in [1.29, 1.82) is 0 Å². The van der Waals surface area contributed by atoms with Gasteiger partial charge in [0.25, 0.3) is 0 Å². The van der Waals surface area contributed by atoms with Crippen molar-refractivity contribution in [2.24, 2.45) is 0 Å². The number of carboxylic acids is 1. The summed E-state index contributed by atoms with van der Waals surface area (Å²) < 4.78 is 6.70. The third kappa shape index (κ3) is 4.13. The van der Waals surface area contributed by atoms with Crippen molar-refractivity contribution in [3.05, 3.63) is 30.0 Å². The molecule has 1 heterocycles. The fourth-order valence-corrected chi connectivity index (χ4v) is 2.52. The summed E-state index contributed by atoms with van der Waals surface area (Å²) in [6.07, 6.45) is 1.98. The molecule has 0 saturated heterocycles. The second-order valence-electron chi connectivity index (χ2n) is 5.43. The Kier molecular flexibility index (Phi) is 5.57. The number of amides is 1. The zero-order chi connectivity index (χ0) is 17.7. The van der Waals surface area contributed by atoms with E-state index in [9.17, 15) is 14.4 Å². The summed E-state index contributed by atoms with van der Waals surface area (Å²) in [4.78, 5) is 34.0. The van der Waals surface area contributed by atoms with E-state index in [0.717, 1.165) is 10.9 Å². The first-order valence-electron chi connectivity index (χ1n) is 7.59. The Hall–Kier alpha value is -2.83. The van der Waals surface area contributed by atoms with Crippen LogP contribution in [0.15, 0.2) is 24.4 Å². The second-order valence-corrected chi connectivity index (χ2v) is 5.43. The SMILES string of the molecule is COc1ccc2c(c1)c(CCNC(C)=O)cn2C(=O)CCC(=O)O. The van der Waals surface area contributed by atoms with E-state index in [0.29, 0.717) is 24.2 Å². The number of rotatable bonds is 7. The molecule has 2 aromatic rings.